The van der Waals surface area contributed by atoms with Crippen LogP contribution in [-0.2, 0) is 24.5 Å². The maximum absolute atomic E-state index is 13.0. The molecule has 0 radical (unpaired) electrons. The molecule has 1 aromatic heterocycles. The van der Waals surface area contributed by atoms with Gasteiger partial charge in [-0.1, -0.05) is 30.7 Å². The molecule has 21 heavy (non-hydrogen) atoms. The van der Waals surface area contributed by atoms with Crippen LogP contribution in [0.1, 0.15) is 18.1 Å². The zero-order valence-electron chi connectivity index (χ0n) is 11.4. The van der Waals surface area contributed by atoms with E-state index in [0.29, 0.717) is 17.5 Å². The van der Waals surface area contributed by atoms with E-state index in [-0.39, 0.29) is 24.3 Å². The largest absolute Gasteiger partial charge is 0.356 e. The summed E-state index contributed by atoms with van der Waals surface area (Å²) in [5.41, 5.74) is -0.166. The van der Waals surface area contributed by atoms with Crippen LogP contribution in [0.25, 0.3) is 0 Å². The summed E-state index contributed by atoms with van der Waals surface area (Å²) in [4.78, 5) is 25.4. The van der Waals surface area contributed by atoms with Crippen molar-refractivity contribution in [2.45, 2.75) is 26.7 Å². The Labute approximate surface area is 125 Å². The first kappa shape index (κ1) is 15.5. The summed E-state index contributed by atoms with van der Waals surface area (Å²) in [6, 6.07) is 5.95. The Morgan fingerprint density at radius 2 is 2.14 bits per heavy atom. The average molecular weight is 313 g/mol. The minimum atomic E-state index is -0.638. The molecule has 0 fully saturated rings. The van der Waals surface area contributed by atoms with E-state index in [2.05, 4.69) is 4.98 Å². The molecule has 0 saturated heterocycles. The quantitative estimate of drug-likeness (QED) is 0.860. The number of aromatic amines is 1. The summed E-state index contributed by atoms with van der Waals surface area (Å²) in [6.45, 7) is 1.76. The van der Waals surface area contributed by atoms with Crippen LogP contribution in [0.15, 0.2) is 33.9 Å². The Bertz CT molecular complexity index is 755. The van der Waals surface area contributed by atoms with Gasteiger partial charge in [-0.2, -0.15) is 0 Å². The van der Waals surface area contributed by atoms with E-state index < -0.39 is 11.2 Å². The molecule has 0 bridgehead atoms. The summed E-state index contributed by atoms with van der Waals surface area (Å²) in [5.74, 6) is -0.358. The molecule has 1 N–H and O–H groups in total. The van der Waals surface area contributed by atoms with E-state index in [1.54, 1.807) is 19.1 Å². The lowest BCUT2D eigenvalue weighted by molar-refractivity contribution is 0.0607. The first-order valence-electron chi connectivity index (χ1n) is 6.36. The van der Waals surface area contributed by atoms with E-state index in [1.807, 2.05) is 0 Å². The summed E-state index contributed by atoms with van der Waals surface area (Å²) < 4.78 is 19.5. The highest BCUT2D eigenvalue weighted by Crippen LogP contribution is 2.11. The number of nitrogens with one attached hydrogen (secondary N) is 1. The first-order chi connectivity index (χ1) is 10.0. The van der Waals surface area contributed by atoms with E-state index in [0.717, 1.165) is 4.57 Å². The molecule has 7 heteroatoms. The van der Waals surface area contributed by atoms with Crippen molar-refractivity contribution in [1.29, 1.82) is 0 Å². The van der Waals surface area contributed by atoms with Gasteiger partial charge in [-0.3, -0.25) is 14.3 Å². The predicted molar refractivity (Wildman–Crippen MR) is 76.9 cm³/mol. The van der Waals surface area contributed by atoms with Crippen LogP contribution in [0, 0.1) is 5.82 Å². The number of hydrogen-bond acceptors (Lipinski definition) is 3. The van der Waals surface area contributed by atoms with Crippen LogP contribution in [-0.4, -0.2) is 9.55 Å². The van der Waals surface area contributed by atoms with Crippen molar-refractivity contribution in [1.82, 2.24) is 9.55 Å². The fourth-order valence-corrected chi connectivity index (χ4v) is 2.23. The highest BCUT2D eigenvalue weighted by atomic mass is 35.5. The normalized spacial score (nSPS) is 10.8. The van der Waals surface area contributed by atoms with Crippen molar-refractivity contribution in [3.63, 3.8) is 0 Å². The third-order valence-electron chi connectivity index (χ3n) is 2.96. The number of nitrogens with zero attached hydrogens (tertiary/aromatic N) is 1. The fourth-order valence-electron chi connectivity index (χ4n) is 1.89. The molecule has 0 aliphatic heterocycles. The van der Waals surface area contributed by atoms with E-state index >= 15 is 0 Å². The standard InChI is InChI=1S/C14H14ClFN2O3/c1-2-11-12(15)18(14(20)17-13(11)19)8-21-7-9-4-3-5-10(16)6-9/h3-6H,2,7-8H2,1H3,(H,17,19,20). The lowest BCUT2D eigenvalue weighted by Crippen LogP contribution is -2.33. The lowest BCUT2D eigenvalue weighted by atomic mass is 10.2. The Morgan fingerprint density at radius 1 is 1.38 bits per heavy atom. The molecule has 2 aromatic rings. The smallest absolute Gasteiger partial charge is 0.331 e. The molecule has 2 rings (SSSR count). The minimum absolute atomic E-state index is 0.0606. The third kappa shape index (κ3) is 3.59. The number of aromatic nitrogens is 2. The zero-order chi connectivity index (χ0) is 15.4. The number of ether oxygens (including phenoxy) is 1. The molecule has 112 valence electrons. The van der Waals surface area contributed by atoms with Crippen LogP contribution in [0.2, 0.25) is 5.15 Å². The van der Waals surface area contributed by atoms with E-state index in [4.69, 9.17) is 16.3 Å². The summed E-state index contributed by atoms with van der Waals surface area (Å²) >= 11 is 6.03. The molecule has 0 saturated carbocycles. The molecule has 0 aliphatic carbocycles. The van der Waals surface area contributed by atoms with Gasteiger partial charge in [0.1, 0.15) is 17.7 Å². The second-order valence-electron chi connectivity index (χ2n) is 4.42. The summed E-state index contributed by atoms with van der Waals surface area (Å²) in [7, 11) is 0. The van der Waals surface area contributed by atoms with Gasteiger partial charge in [0.05, 0.1) is 12.2 Å². The molecule has 0 aliphatic rings. The molecule has 5 nitrogen and oxygen atoms in total. The lowest BCUT2D eigenvalue weighted by Gasteiger charge is -2.11. The number of hydrogen-bond donors (Lipinski definition) is 1. The second kappa shape index (κ2) is 6.69. The first-order valence-corrected chi connectivity index (χ1v) is 6.74. The Balaban J connectivity index is 2.14. The van der Waals surface area contributed by atoms with Gasteiger partial charge >= 0.3 is 5.69 Å². The van der Waals surface area contributed by atoms with Gasteiger partial charge in [0.2, 0.25) is 0 Å². The monoisotopic (exact) mass is 312 g/mol. The predicted octanol–water partition coefficient (Wildman–Crippen LogP) is 2.07. The van der Waals surface area contributed by atoms with Crippen LogP contribution in [0.4, 0.5) is 4.39 Å². The summed E-state index contributed by atoms with van der Waals surface area (Å²) in [6.07, 6.45) is 0.401. The molecule has 0 amide bonds. The van der Waals surface area contributed by atoms with Gasteiger partial charge in [-0.25, -0.2) is 9.18 Å². The molecule has 1 aromatic carbocycles. The number of halogens is 2. The van der Waals surface area contributed by atoms with Gasteiger partial charge in [0, 0.05) is 0 Å². The topological polar surface area (TPSA) is 64.1 Å². The maximum atomic E-state index is 13.0. The van der Waals surface area contributed by atoms with Gasteiger partial charge < -0.3 is 4.74 Å². The van der Waals surface area contributed by atoms with Gasteiger partial charge in [0.15, 0.2) is 0 Å². The van der Waals surface area contributed by atoms with Gasteiger partial charge in [-0.05, 0) is 24.1 Å². The maximum Gasteiger partial charge on any atom is 0.331 e. The van der Waals surface area contributed by atoms with Crippen LogP contribution < -0.4 is 11.2 Å². The molecular formula is C14H14ClFN2O3. The SMILES string of the molecule is CCc1c(Cl)n(COCc2cccc(F)c2)c(=O)[nH]c1=O. The second-order valence-corrected chi connectivity index (χ2v) is 4.78. The van der Waals surface area contributed by atoms with Crippen LogP contribution >= 0.6 is 11.6 Å². The van der Waals surface area contributed by atoms with Crippen molar-refractivity contribution in [2.24, 2.45) is 0 Å². The number of H-pyrrole nitrogens is 1. The van der Waals surface area contributed by atoms with E-state index in [1.165, 1.54) is 12.1 Å². The third-order valence-corrected chi connectivity index (χ3v) is 3.39. The van der Waals surface area contributed by atoms with Crippen molar-refractivity contribution >= 4 is 11.6 Å². The fraction of sp³-hybridized carbons (Fsp3) is 0.286. The molecule has 0 atom stereocenters. The molecular weight excluding hydrogens is 299 g/mol. The molecule has 0 spiro atoms. The van der Waals surface area contributed by atoms with E-state index in [9.17, 15) is 14.0 Å². The summed E-state index contributed by atoms with van der Waals surface area (Å²) in [5, 5.41) is 0.0606. The van der Waals surface area contributed by atoms with Crippen LogP contribution in [0.3, 0.4) is 0 Å². The molecule has 1 heterocycles. The van der Waals surface area contributed by atoms with Crippen molar-refractivity contribution in [3.8, 4) is 0 Å². The van der Waals surface area contributed by atoms with Crippen molar-refractivity contribution in [2.75, 3.05) is 0 Å². The number of rotatable bonds is 5. The molecule has 0 unspecified atom stereocenters. The Kier molecular flexibility index (Phi) is 4.93. The van der Waals surface area contributed by atoms with Crippen LogP contribution in [0.5, 0.6) is 0 Å². The van der Waals surface area contributed by atoms with Gasteiger partial charge in [-0.15, -0.1) is 0 Å². The highest BCUT2D eigenvalue weighted by molar-refractivity contribution is 6.30. The Morgan fingerprint density at radius 3 is 2.81 bits per heavy atom. The number of benzene rings is 1. The highest BCUT2D eigenvalue weighted by Gasteiger charge is 2.11. The zero-order valence-corrected chi connectivity index (χ0v) is 12.1. The van der Waals surface area contributed by atoms with Crippen molar-refractivity contribution in [3.05, 3.63) is 67.2 Å². The average Bonchev–Trinajstić information content (AvgIpc) is 2.43. The van der Waals surface area contributed by atoms with Crippen molar-refractivity contribution < 1.29 is 9.13 Å². The Hall–Kier alpha value is -1.92. The van der Waals surface area contributed by atoms with Gasteiger partial charge in [0.25, 0.3) is 5.56 Å². The minimum Gasteiger partial charge on any atom is -0.356 e.